The molecule has 4 heteroatoms. The molecule has 4 N–H and O–H groups in total. The summed E-state index contributed by atoms with van der Waals surface area (Å²) in [5.41, 5.74) is 6.83. The number of carbonyl (C=O) groups excluding carboxylic acids is 1. The summed E-state index contributed by atoms with van der Waals surface area (Å²) in [6.45, 7) is 4.22. The quantitative estimate of drug-likeness (QED) is 0.724. The minimum atomic E-state index is -0.0822. The van der Waals surface area contributed by atoms with E-state index in [1.807, 2.05) is 6.92 Å². The highest BCUT2D eigenvalue weighted by atomic mass is 16.3. The zero-order valence-electron chi connectivity index (χ0n) is 9.66. The fourth-order valence-corrected chi connectivity index (χ4v) is 1.30. The van der Waals surface area contributed by atoms with Crippen molar-refractivity contribution in [2.75, 3.05) is 11.9 Å². The third-order valence-corrected chi connectivity index (χ3v) is 2.43. The van der Waals surface area contributed by atoms with Crippen molar-refractivity contribution >= 4 is 11.6 Å². The minimum Gasteiger partial charge on any atom is -0.508 e. The van der Waals surface area contributed by atoms with Crippen LogP contribution in [-0.4, -0.2) is 17.6 Å². The van der Waals surface area contributed by atoms with Crippen molar-refractivity contribution in [3.8, 4) is 5.75 Å². The number of rotatable bonds is 4. The fraction of sp³-hybridized carbons (Fsp3) is 0.417. The topological polar surface area (TPSA) is 75.4 Å². The number of nitrogens with two attached hydrogens (primary N) is 1. The molecule has 0 spiro atoms. The maximum Gasteiger partial charge on any atom is 0.224 e. The van der Waals surface area contributed by atoms with Crippen LogP contribution in [-0.2, 0) is 4.79 Å². The first-order valence-corrected chi connectivity index (χ1v) is 5.32. The predicted octanol–water partition coefficient (Wildman–Crippen LogP) is 1.62. The Labute approximate surface area is 95.5 Å². The lowest BCUT2D eigenvalue weighted by atomic mass is 10.1. The van der Waals surface area contributed by atoms with Crippen LogP contribution in [0.4, 0.5) is 5.69 Å². The molecular weight excluding hydrogens is 204 g/mol. The first-order chi connectivity index (χ1) is 7.52. The number of anilines is 1. The molecule has 0 bridgehead atoms. The van der Waals surface area contributed by atoms with Crippen molar-refractivity contribution in [3.05, 3.63) is 23.8 Å². The lowest BCUT2D eigenvalue weighted by Gasteiger charge is -2.09. The maximum atomic E-state index is 11.5. The summed E-state index contributed by atoms with van der Waals surface area (Å²) >= 11 is 0. The molecule has 1 aromatic rings. The number of benzene rings is 1. The molecule has 0 aliphatic carbocycles. The summed E-state index contributed by atoms with van der Waals surface area (Å²) in [4.78, 5) is 11.5. The summed E-state index contributed by atoms with van der Waals surface area (Å²) in [5.74, 6) is 0.268. The second kappa shape index (κ2) is 5.51. The summed E-state index contributed by atoms with van der Waals surface area (Å²) < 4.78 is 0. The van der Waals surface area contributed by atoms with E-state index < -0.39 is 0 Å². The predicted molar refractivity (Wildman–Crippen MR) is 64.3 cm³/mol. The number of phenols is 1. The Balaban J connectivity index is 2.59. The van der Waals surface area contributed by atoms with Crippen molar-refractivity contribution in [1.29, 1.82) is 0 Å². The van der Waals surface area contributed by atoms with Gasteiger partial charge in [-0.1, -0.05) is 13.0 Å². The second-order valence-corrected chi connectivity index (χ2v) is 4.09. The van der Waals surface area contributed by atoms with Crippen LogP contribution in [0.5, 0.6) is 5.75 Å². The van der Waals surface area contributed by atoms with Crippen molar-refractivity contribution in [2.45, 2.75) is 20.3 Å². The molecule has 0 radical (unpaired) electrons. The van der Waals surface area contributed by atoms with E-state index in [0.29, 0.717) is 18.7 Å². The Hall–Kier alpha value is -1.55. The molecule has 1 atom stereocenters. The van der Waals surface area contributed by atoms with Crippen LogP contribution in [0.3, 0.4) is 0 Å². The molecule has 0 saturated heterocycles. The molecule has 4 nitrogen and oxygen atoms in total. The number of amides is 1. The highest BCUT2D eigenvalue weighted by molar-refractivity contribution is 5.91. The van der Waals surface area contributed by atoms with Crippen molar-refractivity contribution in [3.63, 3.8) is 0 Å². The maximum absolute atomic E-state index is 11.5. The summed E-state index contributed by atoms with van der Waals surface area (Å²) in [7, 11) is 0. The number of nitrogens with one attached hydrogen (secondary N) is 1. The van der Waals surface area contributed by atoms with Crippen LogP contribution in [0, 0.1) is 12.8 Å². The lowest BCUT2D eigenvalue weighted by molar-refractivity contribution is -0.116. The van der Waals surface area contributed by atoms with Gasteiger partial charge in [-0.05, 0) is 31.0 Å². The molecule has 0 fully saturated rings. The largest absolute Gasteiger partial charge is 0.508 e. The zero-order valence-corrected chi connectivity index (χ0v) is 9.66. The third kappa shape index (κ3) is 3.55. The van der Waals surface area contributed by atoms with Crippen LogP contribution in [0.15, 0.2) is 18.2 Å². The first kappa shape index (κ1) is 12.5. The Kier molecular flexibility index (Phi) is 4.31. The van der Waals surface area contributed by atoms with Gasteiger partial charge >= 0.3 is 0 Å². The normalized spacial score (nSPS) is 12.2. The molecule has 16 heavy (non-hydrogen) atoms. The zero-order chi connectivity index (χ0) is 12.1. The molecule has 1 aromatic carbocycles. The van der Waals surface area contributed by atoms with Crippen LogP contribution in [0.1, 0.15) is 18.9 Å². The Morgan fingerprint density at radius 2 is 2.25 bits per heavy atom. The van der Waals surface area contributed by atoms with E-state index in [0.717, 1.165) is 5.56 Å². The number of phenolic OH excluding ortho intramolecular Hbond substituents is 1. The van der Waals surface area contributed by atoms with Crippen molar-refractivity contribution in [1.82, 2.24) is 0 Å². The highest BCUT2D eigenvalue weighted by Gasteiger charge is 2.08. The van der Waals surface area contributed by atoms with Gasteiger partial charge in [0.2, 0.25) is 5.91 Å². The summed E-state index contributed by atoms with van der Waals surface area (Å²) in [5, 5.41) is 12.2. The molecule has 0 heterocycles. The van der Waals surface area contributed by atoms with Gasteiger partial charge in [0.1, 0.15) is 5.75 Å². The standard InChI is InChI=1S/C12H18N2O2/c1-8(7-13)5-12(16)14-10-4-3-9(2)11(15)6-10/h3-4,6,8,15H,5,7,13H2,1-2H3,(H,14,16). The monoisotopic (exact) mass is 222 g/mol. The van der Waals surface area contributed by atoms with Gasteiger partial charge < -0.3 is 16.2 Å². The lowest BCUT2D eigenvalue weighted by Crippen LogP contribution is -2.20. The van der Waals surface area contributed by atoms with Gasteiger partial charge in [0.15, 0.2) is 0 Å². The van der Waals surface area contributed by atoms with Crippen molar-refractivity contribution in [2.24, 2.45) is 11.7 Å². The Morgan fingerprint density at radius 1 is 1.56 bits per heavy atom. The summed E-state index contributed by atoms with van der Waals surface area (Å²) in [6.07, 6.45) is 0.394. The fourth-order valence-electron chi connectivity index (χ4n) is 1.30. The number of aromatic hydroxyl groups is 1. The SMILES string of the molecule is Cc1ccc(NC(=O)CC(C)CN)cc1O. The number of carbonyl (C=O) groups is 1. The van der Waals surface area contributed by atoms with Crippen LogP contribution < -0.4 is 11.1 Å². The van der Waals surface area contributed by atoms with Gasteiger partial charge in [-0.25, -0.2) is 0 Å². The molecule has 88 valence electrons. The van der Waals surface area contributed by atoms with Crippen LogP contribution >= 0.6 is 0 Å². The van der Waals surface area contributed by atoms with E-state index in [-0.39, 0.29) is 17.6 Å². The molecule has 0 aliphatic rings. The van der Waals surface area contributed by atoms with Gasteiger partial charge in [0.05, 0.1) is 0 Å². The Morgan fingerprint density at radius 3 is 2.81 bits per heavy atom. The van der Waals surface area contributed by atoms with Gasteiger partial charge in [0, 0.05) is 18.2 Å². The van der Waals surface area contributed by atoms with Gasteiger partial charge in [0.25, 0.3) is 0 Å². The molecular formula is C12H18N2O2. The van der Waals surface area contributed by atoms with Crippen LogP contribution in [0.25, 0.3) is 0 Å². The van der Waals surface area contributed by atoms with E-state index in [9.17, 15) is 9.90 Å². The number of aryl methyl sites for hydroxylation is 1. The van der Waals surface area contributed by atoms with E-state index in [4.69, 9.17) is 5.73 Å². The Bertz CT molecular complexity index is 377. The molecule has 0 aliphatic heterocycles. The molecule has 0 saturated carbocycles. The van der Waals surface area contributed by atoms with Crippen molar-refractivity contribution < 1.29 is 9.90 Å². The molecule has 1 amide bonds. The average Bonchev–Trinajstić information content (AvgIpc) is 2.23. The third-order valence-electron chi connectivity index (χ3n) is 2.43. The molecule has 0 aromatic heterocycles. The highest BCUT2D eigenvalue weighted by Crippen LogP contribution is 2.21. The second-order valence-electron chi connectivity index (χ2n) is 4.09. The van der Waals surface area contributed by atoms with Gasteiger partial charge in [-0.3, -0.25) is 4.79 Å². The van der Waals surface area contributed by atoms with E-state index in [1.54, 1.807) is 25.1 Å². The number of hydrogen-bond donors (Lipinski definition) is 3. The molecule has 1 unspecified atom stereocenters. The van der Waals surface area contributed by atoms with Gasteiger partial charge in [-0.15, -0.1) is 0 Å². The van der Waals surface area contributed by atoms with E-state index >= 15 is 0 Å². The van der Waals surface area contributed by atoms with Gasteiger partial charge in [-0.2, -0.15) is 0 Å². The first-order valence-electron chi connectivity index (χ1n) is 5.32. The van der Waals surface area contributed by atoms with E-state index in [1.165, 1.54) is 0 Å². The summed E-state index contributed by atoms with van der Waals surface area (Å²) in [6, 6.07) is 5.07. The number of hydrogen-bond acceptors (Lipinski definition) is 3. The minimum absolute atomic E-state index is 0.0822. The van der Waals surface area contributed by atoms with Crippen LogP contribution in [0.2, 0.25) is 0 Å². The smallest absolute Gasteiger partial charge is 0.224 e. The average molecular weight is 222 g/mol. The van der Waals surface area contributed by atoms with E-state index in [2.05, 4.69) is 5.32 Å². The molecule has 1 rings (SSSR count).